The van der Waals surface area contributed by atoms with Gasteiger partial charge in [0.25, 0.3) is 5.91 Å². The maximum absolute atomic E-state index is 12.3. The van der Waals surface area contributed by atoms with Gasteiger partial charge in [0.05, 0.1) is 7.11 Å². The van der Waals surface area contributed by atoms with Gasteiger partial charge in [0.1, 0.15) is 5.75 Å². The van der Waals surface area contributed by atoms with Crippen LogP contribution >= 0.6 is 0 Å². The topological polar surface area (TPSA) is 55.8 Å². The molecule has 0 aliphatic carbocycles. The number of hydrogen-bond acceptors (Lipinski definition) is 4. The van der Waals surface area contributed by atoms with Crippen molar-refractivity contribution in [1.29, 1.82) is 0 Å². The monoisotopic (exact) mass is 383 g/mol. The summed E-state index contributed by atoms with van der Waals surface area (Å²) in [7, 11) is 1.40. The first-order valence-electron chi connectivity index (χ1n) is 9.74. The highest BCUT2D eigenvalue weighted by atomic mass is 16.5. The van der Waals surface area contributed by atoms with Crippen molar-refractivity contribution in [3.8, 4) is 16.9 Å². The number of methoxy groups -OCH3 is 1. The summed E-state index contributed by atoms with van der Waals surface area (Å²) in [5.41, 5.74) is 3.09. The van der Waals surface area contributed by atoms with E-state index in [1.54, 1.807) is 4.90 Å². The van der Waals surface area contributed by atoms with Crippen LogP contribution in [0.3, 0.4) is 0 Å². The summed E-state index contributed by atoms with van der Waals surface area (Å²) in [5, 5.41) is 0. The van der Waals surface area contributed by atoms with E-state index in [2.05, 4.69) is 6.07 Å². The first-order chi connectivity index (χ1) is 13.6. The van der Waals surface area contributed by atoms with Crippen LogP contribution in [0.25, 0.3) is 11.1 Å². The van der Waals surface area contributed by atoms with Gasteiger partial charge in [0, 0.05) is 25.1 Å². The Morgan fingerprint density at radius 2 is 1.71 bits per heavy atom. The molecule has 0 aliphatic heterocycles. The van der Waals surface area contributed by atoms with Crippen molar-refractivity contribution in [1.82, 2.24) is 4.90 Å². The molecule has 0 unspecified atom stereocenters. The first-order valence-corrected chi connectivity index (χ1v) is 9.74. The summed E-state index contributed by atoms with van der Waals surface area (Å²) in [4.78, 5) is 25.4. The van der Waals surface area contributed by atoms with Gasteiger partial charge in [-0.1, -0.05) is 36.4 Å². The second-order valence-corrected chi connectivity index (χ2v) is 6.48. The van der Waals surface area contributed by atoms with Gasteiger partial charge in [-0.3, -0.25) is 9.59 Å². The molecule has 0 saturated carbocycles. The Labute approximate surface area is 167 Å². The predicted molar refractivity (Wildman–Crippen MR) is 110 cm³/mol. The molecule has 150 valence electrons. The van der Waals surface area contributed by atoms with Gasteiger partial charge in [0.2, 0.25) is 0 Å². The van der Waals surface area contributed by atoms with Gasteiger partial charge in [0.15, 0.2) is 6.61 Å². The number of esters is 1. The average Bonchev–Trinajstić information content (AvgIpc) is 2.74. The van der Waals surface area contributed by atoms with Crippen LogP contribution in [0.2, 0.25) is 0 Å². The van der Waals surface area contributed by atoms with Crippen molar-refractivity contribution in [3.63, 3.8) is 0 Å². The van der Waals surface area contributed by atoms with Gasteiger partial charge < -0.3 is 14.4 Å². The van der Waals surface area contributed by atoms with E-state index in [1.165, 1.54) is 7.11 Å². The van der Waals surface area contributed by atoms with Gasteiger partial charge in [-0.2, -0.15) is 0 Å². The molecule has 0 saturated heterocycles. The number of nitrogens with zero attached hydrogens (tertiary/aromatic N) is 1. The molecule has 5 nitrogen and oxygen atoms in total. The van der Waals surface area contributed by atoms with Crippen LogP contribution in [0.1, 0.15) is 32.3 Å². The molecule has 1 amide bonds. The molecule has 0 heterocycles. The second-order valence-electron chi connectivity index (χ2n) is 6.48. The smallest absolute Gasteiger partial charge is 0.305 e. The lowest BCUT2D eigenvalue weighted by atomic mass is 9.99. The summed E-state index contributed by atoms with van der Waals surface area (Å²) in [6, 6.07) is 15.9. The molecule has 2 aromatic rings. The maximum Gasteiger partial charge on any atom is 0.305 e. The lowest BCUT2D eigenvalue weighted by molar-refractivity contribution is -0.140. The van der Waals surface area contributed by atoms with Gasteiger partial charge in [-0.15, -0.1) is 0 Å². The molecule has 2 rings (SSSR count). The van der Waals surface area contributed by atoms with Crippen LogP contribution < -0.4 is 4.74 Å². The zero-order valence-electron chi connectivity index (χ0n) is 16.9. The number of aryl methyl sites for hydroxylation is 1. The number of hydrogen-bond donors (Lipinski definition) is 0. The van der Waals surface area contributed by atoms with E-state index in [1.807, 2.05) is 56.3 Å². The maximum atomic E-state index is 12.3. The van der Waals surface area contributed by atoms with Crippen molar-refractivity contribution in [2.24, 2.45) is 0 Å². The van der Waals surface area contributed by atoms with E-state index in [4.69, 9.17) is 9.47 Å². The summed E-state index contributed by atoms with van der Waals surface area (Å²) in [6.45, 7) is 5.27. The number of carbonyl (C=O) groups is 2. The van der Waals surface area contributed by atoms with Crippen LogP contribution in [0.4, 0.5) is 0 Å². The molecule has 0 aliphatic rings. The Kier molecular flexibility index (Phi) is 8.53. The molecule has 0 atom stereocenters. The zero-order chi connectivity index (χ0) is 20.4. The van der Waals surface area contributed by atoms with E-state index < -0.39 is 0 Å². The molecule has 0 spiro atoms. The van der Waals surface area contributed by atoms with Crippen molar-refractivity contribution in [3.05, 3.63) is 54.1 Å². The highest BCUT2D eigenvalue weighted by molar-refractivity contribution is 5.78. The van der Waals surface area contributed by atoms with Gasteiger partial charge >= 0.3 is 5.97 Å². The van der Waals surface area contributed by atoms with E-state index in [9.17, 15) is 9.59 Å². The van der Waals surface area contributed by atoms with Crippen LogP contribution in [0.5, 0.6) is 5.75 Å². The Morgan fingerprint density at radius 1 is 1.00 bits per heavy atom. The Balaban J connectivity index is 2.17. The minimum atomic E-state index is -0.196. The number of carbonyl (C=O) groups excluding carboxylic acids is 2. The SMILES string of the molecule is CCN(CC)C(=O)COc1ccc(CCCC(=O)OC)cc1-c1ccccc1. The molecule has 2 aromatic carbocycles. The van der Waals surface area contributed by atoms with E-state index in [0.29, 0.717) is 25.3 Å². The van der Waals surface area contributed by atoms with Gasteiger partial charge in [-0.25, -0.2) is 0 Å². The average molecular weight is 383 g/mol. The van der Waals surface area contributed by atoms with E-state index in [-0.39, 0.29) is 18.5 Å². The normalized spacial score (nSPS) is 10.4. The van der Waals surface area contributed by atoms with Crippen molar-refractivity contribution in [2.75, 3.05) is 26.8 Å². The largest absolute Gasteiger partial charge is 0.483 e. The van der Waals surface area contributed by atoms with Crippen LogP contribution in [-0.4, -0.2) is 43.6 Å². The van der Waals surface area contributed by atoms with Crippen LogP contribution in [0, 0.1) is 0 Å². The third-order valence-corrected chi connectivity index (χ3v) is 4.67. The lowest BCUT2D eigenvalue weighted by Crippen LogP contribution is -2.34. The lowest BCUT2D eigenvalue weighted by Gasteiger charge is -2.20. The van der Waals surface area contributed by atoms with E-state index in [0.717, 1.165) is 29.5 Å². The number of likely N-dealkylation sites (N-methyl/N-ethyl adjacent to an activating group) is 1. The van der Waals surface area contributed by atoms with Crippen molar-refractivity contribution >= 4 is 11.9 Å². The fraction of sp³-hybridized carbons (Fsp3) is 0.391. The van der Waals surface area contributed by atoms with Crippen molar-refractivity contribution < 1.29 is 19.1 Å². The first kappa shape index (κ1) is 21.5. The summed E-state index contributed by atoms with van der Waals surface area (Å²) < 4.78 is 10.6. The Bertz CT molecular complexity index is 769. The fourth-order valence-electron chi connectivity index (χ4n) is 3.05. The third kappa shape index (κ3) is 6.12. The number of ether oxygens (including phenoxy) is 2. The summed E-state index contributed by atoms with van der Waals surface area (Å²) in [6.07, 6.45) is 1.89. The minimum absolute atomic E-state index is 0.0171. The minimum Gasteiger partial charge on any atom is -0.483 e. The van der Waals surface area contributed by atoms with Gasteiger partial charge in [-0.05, 0) is 49.9 Å². The molecular formula is C23H29NO4. The molecule has 0 N–H and O–H groups in total. The number of benzene rings is 2. The standard InChI is InChI=1S/C23H29NO4/c1-4-24(5-2)22(25)17-28-21-15-14-18(10-9-13-23(26)27-3)16-20(21)19-11-7-6-8-12-19/h6-8,11-12,14-16H,4-5,9-10,13,17H2,1-3H3. The molecule has 28 heavy (non-hydrogen) atoms. The quantitative estimate of drug-likeness (QED) is 0.580. The second kappa shape index (κ2) is 11.1. The third-order valence-electron chi connectivity index (χ3n) is 4.67. The van der Waals surface area contributed by atoms with Crippen LogP contribution in [-0.2, 0) is 20.7 Å². The molecular weight excluding hydrogens is 354 g/mol. The fourth-order valence-corrected chi connectivity index (χ4v) is 3.05. The highest BCUT2D eigenvalue weighted by Gasteiger charge is 2.13. The predicted octanol–water partition coefficient (Wildman–Crippen LogP) is 4.10. The highest BCUT2D eigenvalue weighted by Crippen LogP contribution is 2.31. The Hall–Kier alpha value is -2.82. The molecule has 0 bridgehead atoms. The number of amides is 1. The summed E-state index contributed by atoms with van der Waals surface area (Å²) in [5.74, 6) is 0.466. The number of rotatable bonds is 10. The summed E-state index contributed by atoms with van der Waals surface area (Å²) >= 11 is 0. The molecule has 5 heteroatoms. The molecule has 0 aromatic heterocycles. The van der Waals surface area contributed by atoms with Crippen LogP contribution in [0.15, 0.2) is 48.5 Å². The Morgan fingerprint density at radius 3 is 2.36 bits per heavy atom. The van der Waals surface area contributed by atoms with Crippen molar-refractivity contribution in [2.45, 2.75) is 33.1 Å². The van der Waals surface area contributed by atoms with E-state index >= 15 is 0 Å². The molecule has 0 fully saturated rings. The zero-order valence-corrected chi connectivity index (χ0v) is 16.9. The molecule has 0 radical (unpaired) electrons.